The fraction of sp³-hybridized carbons (Fsp3) is 0.714. The lowest BCUT2D eigenvalue weighted by atomic mass is 10.1. The summed E-state index contributed by atoms with van der Waals surface area (Å²) in [4.78, 5) is 22.3. The number of carbonyl (C=O) groups is 2. The fourth-order valence-electron chi connectivity index (χ4n) is 1.30. The summed E-state index contributed by atoms with van der Waals surface area (Å²) in [5.74, 6) is -1.02. The predicted molar refractivity (Wildman–Crippen MR) is 43.6 cm³/mol. The van der Waals surface area contributed by atoms with Crippen LogP contribution in [-0.4, -0.2) is 52.3 Å². The third-order valence-corrected chi connectivity index (χ3v) is 2.11. The number of hydrogen-bond donors (Lipinski definition) is 3. The van der Waals surface area contributed by atoms with Gasteiger partial charge in [-0.3, -0.25) is 4.79 Å². The van der Waals surface area contributed by atoms with Gasteiger partial charge in [-0.05, 0) is 6.92 Å². The zero-order chi connectivity index (χ0) is 10.0. The number of aliphatic carboxylic acids is 1. The second-order valence-electron chi connectivity index (χ2n) is 3.08. The van der Waals surface area contributed by atoms with E-state index in [2.05, 4.69) is 5.32 Å². The van der Waals surface area contributed by atoms with Crippen molar-refractivity contribution in [2.45, 2.75) is 19.0 Å². The van der Waals surface area contributed by atoms with Crippen LogP contribution in [0.15, 0.2) is 0 Å². The highest BCUT2D eigenvalue weighted by molar-refractivity contribution is 5.75. The first kappa shape index (κ1) is 9.79. The first-order valence-corrected chi connectivity index (χ1v) is 3.98. The van der Waals surface area contributed by atoms with Crippen molar-refractivity contribution in [2.24, 2.45) is 0 Å². The summed E-state index contributed by atoms with van der Waals surface area (Å²) in [5, 5.41) is 20.1. The number of amides is 1. The van der Waals surface area contributed by atoms with Crippen LogP contribution in [0.4, 0.5) is 4.79 Å². The van der Waals surface area contributed by atoms with Crippen LogP contribution in [0.2, 0.25) is 0 Å². The molecule has 1 heterocycles. The van der Waals surface area contributed by atoms with E-state index in [9.17, 15) is 9.59 Å². The van der Waals surface area contributed by atoms with Crippen molar-refractivity contribution in [3.8, 4) is 0 Å². The standard InChI is InChI=1S/C7H12N2O4/c1-4-2-8-5(6(10)11)3-9(4)7(12)13/h4-5,8H,2-3H2,1H3,(H,10,11)(H,12,13)/t4-,5-/m1/s1. The second kappa shape index (κ2) is 3.61. The highest BCUT2D eigenvalue weighted by Gasteiger charge is 2.31. The molecule has 3 N–H and O–H groups in total. The van der Waals surface area contributed by atoms with E-state index < -0.39 is 18.1 Å². The van der Waals surface area contributed by atoms with Gasteiger partial charge in [0.15, 0.2) is 0 Å². The van der Waals surface area contributed by atoms with Crippen LogP contribution in [0.3, 0.4) is 0 Å². The van der Waals surface area contributed by atoms with Crippen molar-refractivity contribution in [1.82, 2.24) is 10.2 Å². The Hall–Kier alpha value is -1.30. The van der Waals surface area contributed by atoms with Crippen LogP contribution >= 0.6 is 0 Å². The van der Waals surface area contributed by atoms with E-state index in [1.165, 1.54) is 0 Å². The van der Waals surface area contributed by atoms with Gasteiger partial charge in [0.2, 0.25) is 0 Å². The van der Waals surface area contributed by atoms with Gasteiger partial charge in [0.1, 0.15) is 6.04 Å². The molecular weight excluding hydrogens is 176 g/mol. The number of nitrogens with one attached hydrogen (secondary N) is 1. The molecule has 0 aromatic carbocycles. The average molecular weight is 188 g/mol. The van der Waals surface area contributed by atoms with Crippen LogP contribution in [0.25, 0.3) is 0 Å². The molecule has 0 aromatic rings. The average Bonchev–Trinajstić information content (AvgIpc) is 2.04. The van der Waals surface area contributed by atoms with Crippen LogP contribution in [0, 0.1) is 0 Å². The Morgan fingerprint density at radius 1 is 1.46 bits per heavy atom. The van der Waals surface area contributed by atoms with Crippen LogP contribution in [-0.2, 0) is 4.79 Å². The molecule has 1 aliphatic heterocycles. The Balaban J connectivity index is 2.63. The van der Waals surface area contributed by atoms with Gasteiger partial charge in [0.25, 0.3) is 0 Å². The van der Waals surface area contributed by atoms with Crippen molar-refractivity contribution in [3.05, 3.63) is 0 Å². The summed E-state index contributed by atoms with van der Waals surface area (Å²) in [6.45, 7) is 2.12. The van der Waals surface area contributed by atoms with Gasteiger partial charge in [-0.1, -0.05) is 0 Å². The molecule has 1 saturated heterocycles. The van der Waals surface area contributed by atoms with Gasteiger partial charge in [0.05, 0.1) is 6.54 Å². The molecule has 0 radical (unpaired) electrons. The van der Waals surface area contributed by atoms with E-state index in [1.807, 2.05) is 0 Å². The van der Waals surface area contributed by atoms with Crippen LogP contribution < -0.4 is 5.32 Å². The molecule has 6 heteroatoms. The first-order valence-electron chi connectivity index (χ1n) is 3.98. The van der Waals surface area contributed by atoms with E-state index in [-0.39, 0.29) is 12.6 Å². The number of carboxylic acid groups (broad SMARTS) is 2. The number of piperazine rings is 1. The van der Waals surface area contributed by atoms with Crippen molar-refractivity contribution in [2.75, 3.05) is 13.1 Å². The molecule has 0 saturated carbocycles. The second-order valence-corrected chi connectivity index (χ2v) is 3.08. The molecule has 0 aliphatic carbocycles. The van der Waals surface area contributed by atoms with Gasteiger partial charge >= 0.3 is 12.1 Å². The molecular formula is C7H12N2O4. The van der Waals surface area contributed by atoms with Crippen molar-refractivity contribution < 1.29 is 19.8 Å². The van der Waals surface area contributed by atoms with Gasteiger partial charge in [-0.25, -0.2) is 4.79 Å². The lowest BCUT2D eigenvalue weighted by molar-refractivity contribution is -0.140. The summed E-state index contributed by atoms with van der Waals surface area (Å²) in [6.07, 6.45) is -1.07. The number of nitrogens with zero attached hydrogens (tertiary/aromatic N) is 1. The molecule has 1 rings (SSSR count). The largest absolute Gasteiger partial charge is 0.480 e. The summed E-state index contributed by atoms with van der Waals surface area (Å²) < 4.78 is 0. The fourth-order valence-corrected chi connectivity index (χ4v) is 1.30. The molecule has 6 nitrogen and oxygen atoms in total. The van der Waals surface area contributed by atoms with Crippen LogP contribution in [0.5, 0.6) is 0 Å². The van der Waals surface area contributed by atoms with Gasteiger partial charge in [-0.2, -0.15) is 0 Å². The third kappa shape index (κ3) is 2.09. The molecule has 1 fully saturated rings. The van der Waals surface area contributed by atoms with E-state index in [1.54, 1.807) is 6.92 Å². The molecule has 0 bridgehead atoms. The SMILES string of the molecule is C[C@@H]1CN[C@@H](C(=O)O)CN1C(=O)O. The maximum Gasteiger partial charge on any atom is 0.407 e. The maximum absolute atomic E-state index is 10.6. The molecule has 2 atom stereocenters. The Morgan fingerprint density at radius 2 is 2.08 bits per heavy atom. The minimum atomic E-state index is -1.07. The Kier molecular flexibility index (Phi) is 2.72. The highest BCUT2D eigenvalue weighted by Crippen LogP contribution is 2.06. The quantitative estimate of drug-likeness (QED) is 0.511. The maximum atomic E-state index is 10.6. The number of hydrogen-bond acceptors (Lipinski definition) is 3. The first-order chi connectivity index (χ1) is 6.02. The summed E-state index contributed by atoms with van der Waals surface area (Å²) in [7, 11) is 0. The number of rotatable bonds is 1. The predicted octanol–water partition coefficient (Wildman–Crippen LogP) is -0.589. The zero-order valence-electron chi connectivity index (χ0n) is 7.23. The molecule has 13 heavy (non-hydrogen) atoms. The molecule has 1 amide bonds. The summed E-state index contributed by atoms with van der Waals surface area (Å²) in [6, 6.07) is -0.958. The zero-order valence-corrected chi connectivity index (χ0v) is 7.23. The van der Waals surface area contributed by atoms with E-state index in [4.69, 9.17) is 10.2 Å². The topological polar surface area (TPSA) is 89.9 Å². The molecule has 74 valence electrons. The number of carboxylic acids is 1. The minimum absolute atomic E-state index is 0.00579. The summed E-state index contributed by atoms with van der Waals surface area (Å²) >= 11 is 0. The Bertz CT molecular complexity index is 231. The smallest absolute Gasteiger partial charge is 0.407 e. The third-order valence-electron chi connectivity index (χ3n) is 2.11. The molecule has 0 spiro atoms. The van der Waals surface area contributed by atoms with E-state index >= 15 is 0 Å². The normalized spacial score (nSPS) is 28.5. The van der Waals surface area contributed by atoms with Crippen LogP contribution in [0.1, 0.15) is 6.92 Å². The van der Waals surface area contributed by atoms with Crippen molar-refractivity contribution in [1.29, 1.82) is 0 Å². The lowest BCUT2D eigenvalue weighted by Crippen LogP contribution is -2.59. The van der Waals surface area contributed by atoms with E-state index in [0.717, 1.165) is 4.90 Å². The lowest BCUT2D eigenvalue weighted by Gasteiger charge is -2.34. The summed E-state index contributed by atoms with van der Waals surface area (Å²) in [5.41, 5.74) is 0. The molecule has 1 aliphatic rings. The van der Waals surface area contributed by atoms with Gasteiger partial charge in [0, 0.05) is 12.6 Å². The van der Waals surface area contributed by atoms with Gasteiger partial charge in [-0.15, -0.1) is 0 Å². The monoisotopic (exact) mass is 188 g/mol. The van der Waals surface area contributed by atoms with Crippen molar-refractivity contribution >= 4 is 12.1 Å². The van der Waals surface area contributed by atoms with Gasteiger partial charge < -0.3 is 20.4 Å². The molecule has 0 unspecified atom stereocenters. The Labute approximate surface area is 75.1 Å². The Morgan fingerprint density at radius 3 is 2.54 bits per heavy atom. The van der Waals surface area contributed by atoms with E-state index in [0.29, 0.717) is 6.54 Å². The minimum Gasteiger partial charge on any atom is -0.480 e. The van der Waals surface area contributed by atoms with Crippen molar-refractivity contribution in [3.63, 3.8) is 0 Å². The molecule has 0 aromatic heterocycles. The highest BCUT2D eigenvalue weighted by atomic mass is 16.4.